The monoisotopic (exact) mass is 428 g/mol. The maximum absolute atomic E-state index is 10.3. The second-order valence-corrected chi connectivity index (χ2v) is 7.86. The summed E-state index contributed by atoms with van der Waals surface area (Å²) in [4.78, 5) is 9.22. The van der Waals surface area contributed by atoms with Gasteiger partial charge < -0.3 is 5.11 Å². The minimum Gasteiger partial charge on any atom is -0.385 e. The van der Waals surface area contributed by atoms with Crippen LogP contribution in [0.5, 0.6) is 0 Å². The molecule has 0 fully saturated rings. The van der Waals surface area contributed by atoms with E-state index in [1.54, 1.807) is 4.68 Å². The van der Waals surface area contributed by atoms with Crippen LogP contribution in [-0.2, 0) is 0 Å². The third-order valence-electron chi connectivity index (χ3n) is 4.77. The Labute approximate surface area is 168 Å². The standard InChI is InChI=1S/C21H25BrN4O/c1-6-18(27)20-24-21(17-11-13(4)14(5)23-19(17)22)26(25-20)16-9-7-15(8-10-16)12(2)3/h7-12,18,27H,6H2,1-5H3. The first-order valence-corrected chi connectivity index (χ1v) is 10.0. The van der Waals surface area contributed by atoms with Crippen LogP contribution in [0.3, 0.4) is 0 Å². The maximum Gasteiger partial charge on any atom is 0.180 e. The smallest absolute Gasteiger partial charge is 0.180 e. The number of aryl methyl sites for hydroxylation is 2. The largest absolute Gasteiger partial charge is 0.385 e. The summed E-state index contributed by atoms with van der Waals surface area (Å²) < 4.78 is 2.50. The number of pyridine rings is 1. The SMILES string of the molecule is CCC(O)c1nc(-c2cc(C)c(C)nc2Br)n(-c2ccc(C(C)C)cc2)n1. The summed E-state index contributed by atoms with van der Waals surface area (Å²) in [5.41, 5.74) is 5.07. The van der Waals surface area contributed by atoms with Gasteiger partial charge in [0.2, 0.25) is 0 Å². The Hall–Kier alpha value is -2.05. The van der Waals surface area contributed by atoms with E-state index >= 15 is 0 Å². The zero-order chi connectivity index (χ0) is 19.7. The van der Waals surface area contributed by atoms with Gasteiger partial charge in [0.15, 0.2) is 11.6 Å². The predicted octanol–water partition coefficient (Wildman–Crippen LogP) is 5.28. The molecule has 0 amide bonds. The fourth-order valence-corrected chi connectivity index (χ4v) is 3.40. The van der Waals surface area contributed by atoms with Crippen molar-refractivity contribution < 1.29 is 5.11 Å². The molecule has 0 bridgehead atoms. The molecule has 0 saturated carbocycles. The normalized spacial score (nSPS) is 12.6. The second kappa shape index (κ2) is 7.90. The molecule has 0 aliphatic heterocycles. The third kappa shape index (κ3) is 3.96. The van der Waals surface area contributed by atoms with E-state index in [0.717, 1.165) is 27.1 Å². The molecule has 2 heterocycles. The molecular formula is C21H25BrN4O. The molecule has 0 aliphatic carbocycles. The lowest BCUT2D eigenvalue weighted by Gasteiger charge is -2.11. The van der Waals surface area contributed by atoms with Gasteiger partial charge in [0.25, 0.3) is 0 Å². The van der Waals surface area contributed by atoms with Crippen molar-refractivity contribution in [1.29, 1.82) is 0 Å². The molecule has 1 N–H and O–H groups in total. The van der Waals surface area contributed by atoms with Gasteiger partial charge in [0.05, 0.1) is 11.3 Å². The number of aliphatic hydroxyl groups excluding tert-OH is 1. The molecule has 0 radical (unpaired) electrons. The minimum atomic E-state index is -0.696. The summed E-state index contributed by atoms with van der Waals surface area (Å²) in [5, 5.41) is 14.9. The number of halogens is 1. The Morgan fingerprint density at radius 1 is 1.11 bits per heavy atom. The van der Waals surface area contributed by atoms with Crippen molar-refractivity contribution in [2.24, 2.45) is 0 Å². The van der Waals surface area contributed by atoms with Gasteiger partial charge in [-0.25, -0.2) is 14.6 Å². The highest BCUT2D eigenvalue weighted by Crippen LogP contribution is 2.31. The van der Waals surface area contributed by atoms with Gasteiger partial charge >= 0.3 is 0 Å². The number of aromatic nitrogens is 4. The van der Waals surface area contributed by atoms with Gasteiger partial charge in [-0.05, 0) is 71.4 Å². The maximum atomic E-state index is 10.3. The van der Waals surface area contributed by atoms with Crippen LogP contribution in [0, 0.1) is 13.8 Å². The number of rotatable bonds is 5. The van der Waals surface area contributed by atoms with Crippen LogP contribution < -0.4 is 0 Å². The van der Waals surface area contributed by atoms with Crippen molar-refractivity contribution in [2.75, 3.05) is 0 Å². The van der Waals surface area contributed by atoms with Crippen LogP contribution in [0.2, 0.25) is 0 Å². The predicted molar refractivity (Wildman–Crippen MR) is 111 cm³/mol. The molecule has 0 saturated heterocycles. The Morgan fingerprint density at radius 3 is 2.37 bits per heavy atom. The van der Waals surface area contributed by atoms with E-state index in [0.29, 0.717) is 24.0 Å². The zero-order valence-corrected chi connectivity index (χ0v) is 17.9. The van der Waals surface area contributed by atoms with Crippen molar-refractivity contribution in [1.82, 2.24) is 19.7 Å². The molecule has 5 nitrogen and oxygen atoms in total. The molecule has 1 aromatic carbocycles. The molecule has 0 spiro atoms. The summed E-state index contributed by atoms with van der Waals surface area (Å²) in [6, 6.07) is 10.3. The van der Waals surface area contributed by atoms with E-state index in [-0.39, 0.29) is 0 Å². The first kappa shape index (κ1) is 19.7. The van der Waals surface area contributed by atoms with Gasteiger partial charge in [-0.3, -0.25) is 0 Å². The van der Waals surface area contributed by atoms with E-state index in [2.05, 4.69) is 63.0 Å². The zero-order valence-electron chi connectivity index (χ0n) is 16.4. The summed E-state index contributed by atoms with van der Waals surface area (Å²) in [6.07, 6.45) is -0.138. The van der Waals surface area contributed by atoms with Crippen LogP contribution in [0.15, 0.2) is 34.9 Å². The van der Waals surface area contributed by atoms with Crippen molar-refractivity contribution >= 4 is 15.9 Å². The molecule has 3 rings (SSSR count). The van der Waals surface area contributed by atoms with Crippen LogP contribution in [0.4, 0.5) is 0 Å². The summed E-state index contributed by atoms with van der Waals surface area (Å²) in [5.74, 6) is 1.55. The average molecular weight is 429 g/mol. The summed E-state index contributed by atoms with van der Waals surface area (Å²) >= 11 is 3.56. The van der Waals surface area contributed by atoms with Gasteiger partial charge in [0, 0.05) is 5.69 Å². The molecule has 6 heteroatoms. The second-order valence-electron chi connectivity index (χ2n) is 7.10. The van der Waals surface area contributed by atoms with E-state index < -0.39 is 6.10 Å². The number of benzene rings is 1. The first-order chi connectivity index (χ1) is 12.8. The molecule has 1 atom stereocenters. The number of aliphatic hydroxyl groups is 1. The highest BCUT2D eigenvalue weighted by atomic mass is 79.9. The fourth-order valence-electron chi connectivity index (χ4n) is 2.84. The Bertz CT molecular complexity index is 948. The third-order valence-corrected chi connectivity index (χ3v) is 5.38. The molecular weight excluding hydrogens is 404 g/mol. The van der Waals surface area contributed by atoms with Gasteiger partial charge in [0.1, 0.15) is 10.7 Å². The molecule has 3 aromatic rings. The fraction of sp³-hybridized carbons (Fsp3) is 0.381. The number of hydrogen-bond acceptors (Lipinski definition) is 4. The Balaban J connectivity index is 2.18. The minimum absolute atomic E-state index is 0.422. The van der Waals surface area contributed by atoms with Gasteiger partial charge in [-0.1, -0.05) is 32.9 Å². The van der Waals surface area contributed by atoms with E-state index in [1.807, 2.05) is 32.9 Å². The molecule has 1 unspecified atom stereocenters. The lowest BCUT2D eigenvalue weighted by atomic mass is 10.0. The van der Waals surface area contributed by atoms with Crippen LogP contribution in [0.1, 0.15) is 61.9 Å². The van der Waals surface area contributed by atoms with Gasteiger partial charge in [-0.2, -0.15) is 0 Å². The summed E-state index contributed by atoms with van der Waals surface area (Å²) in [6.45, 7) is 10.3. The quantitative estimate of drug-likeness (QED) is 0.561. The first-order valence-electron chi connectivity index (χ1n) is 9.21. The molecule has 142 valence electrons. The highest BCUT2D eigenvalue weighted by molar-refractivity contribution is 9.10. The van der Waals surface area contributed by atoms with E-state index in [9.17, 15) is 5.11 Å². The lowest BCUT2D eigenvalue weighted by molar-refractivity contribution is 0.164. The van der Waals surface area contributed by atoms with Crippen molar-refractivity contribution in [3.05, 3.63) is 57.6 Å². The van der Waals surface area contributed by atoms with Gasteiger partial charge in [-0.15, -0.1) is 5.10 Å². The highest BCUT2D eigenvalue weighted by Gasteiger charge is 2.21. The van der Waals surface area contributed by atoms with Crippen LogP contribution in [-0.4, -0.2) is 24.9 Å². The average Bonchev–Trinajstić information content (AvgIpc) is 3.09. The van der Waals surface area contributed by atoms with Crippen molar-refractivity contribution in [3.63, 3.8) is 0 Å². The topological polar surface area (TPSA) is 63.8 Å². The van der Waals surface area contributed by atoms with Crippen molar-refractivity contribution in [3.8, 4) is 17.1 Å². The van der Waals surface area contributed by atoms with E-state index in [4.69, 9.17) is 0 Å². The molecule has 2 aromatic heterocycles. The Morgan fingerprint density at radius 2 is 1.78 bits per heavy atom. The number of hydrogen-bond donors (Lipinski definition) is 1. The molecule has 27 heavy (non-hydrogen) atoms. The van der Waals surface area contributed by atoms with E-state index in [1.165, 1.54) is 5.56 Å². The number of nitrogens with zero attached hydrogens (tertiary/aromatic N) is 4. The Kier molecular flexibility index (Phi) is 5.77. The van der Waals surface area contributed by atoms with Crippen molar-refractivity contribution in [2.45, 2.75) is 53.1 Å². The summed E-state index contributed by atoms with van der Waals surface area (Å²) in [7, 11) is 0. The van der Waals surface area contributed by atoms with Crippen LogP contribution >= 0.6 is 15.9 Å². The molecule has 0 aliphatic rings. The lowest BCUT2D eigenvalue weighted by Crippen LogP contribution is -2.03. The van der Waals surface area contributed by atoms with Crippen LogP contribution in [0.25, 0.3) is 17.1 Å².